The predicted molar refractivity (Wildman–Crippen MR) is 153 cm³/mol. The average molecular weight is 465 g/mol. The van der Waals surface area contributed by atoms with E-state index in [1.165, 1.54) is 43.6 Å². The van der Waals surface area contributed by atoms with Crippen molar-refractivity contribution >= 4 is 56.0 Å². The fourth-order valence-electron chi connectivity index (χ4n) is 4.30. The zero-order chi connectivity index (χ0) is 25.2. The molecule has 0 aliphatic carbocycles. The normalized spacial score (nSPS) is 10.1. The summed E-state index contributed by atoms with van der Waals surface area (Å²) in [7, 11) is 4.25. The number of rotatable bonds is 2. The molecule has 0 radical (unpaired) electrons. The van der Waals surface area contributed by atoms with Gasteiger partial charge in [0.1, 0.15) is 0 Å². The lowest BCUT2D eigenvalue weighted by Gasteiger charge is -1.97. The van der Waals surface area contributed by atoms with Crippen LogP contribution in [0.4, 0.5) is 0 Å². The molecule has 4 aromatic carbocycles. The molecule has 4 heteroatoms. The molecule has 6 rings (SSSR count). The first-order valence-electron chi connectivity index (χ1n) is 11.3. The molecular formula is C31H32N2O2. The number of benzene rings is 4. The van der Waals surface area contributed by atoms with Crippen molar-refractivity contribution in [3.8, 4) is 0 Å². The molecule has 0 bridgehead atoms. The van der Waals surface area contributed by atoms with Gasteiger partial charge < -0.3 is 19.0 Å². The summed E-state index contributed by atoms with van der Waals surface area (Å²) in [5.41, 5.74) is 4.87. The molecule has 0 saturated heterocycles. The monoisotopic (exact) mass is 464 g/mol. The maximum atomic E-state index is 7.00. The van der Waals surface area contributed by atoms with Crippen molar-refractivity contribution in [2.45, 2.75) is 0 Å². The minimum absolute atomic E-state index is 1.00. The smallest absolute Gasteiger partial charge is 0.0534 e. The quantitative estimate of drug-likeness (QED) is 0.286. The summed E-state index contributed by atoms with van der Waals surface area (Å²) in [6, 6.07) is 33.6. The van der Waals surface area contributed by atoms with Crippen LogP contribution in [-0.4, -0.2) is 35.6 Å². The molecule has 2 aromatic heterocycles. The zero-order valence-electron chi connectivity index (χ0n) is 20.6. The molecule has 0 saturated carbocycles. The highest BCUT2D eigenvalue weighted by Crippen LogP contribution is 2.29. The number of ether oxygens (including phenoxy) is 1. The van der Waals surface area contributed by atoms with Gasteiger partial charge in [-0.2, -0.15) is 0 Å². The van der Waals surface area contributed by atoms with Crippen LogP contribution in [0.1, 0.15) is 0 Å². The molecule has 35 heavy (non-hydrogen) atoms. The first-order valence-corrected chi connectivity index (χ1v) is 11.3. The van der Waals surface area contributed by atoms with Gasteiger partial charge in [0.15, 0.2) is 0 Å². The Bertz CT molecular complexity index is 1330. The zero-order valence-corrected chi connectivity index (χ0v) is 20.6. The van der Waals surface area contributed by atoms with Crippen LogP contribution in [0.2, 0.25) is 0 Å². The van der Waals surface area contributed by atoms with Crippen molar-refractivity contribution in [1.29, 1.82) is 0 Å². The van der Waals surface area contributed by atoms with Crippen LogP contribution in [0, 0.1) is 0 Å². The van der Waals surface area contributed by atoms with Crippen LogP contribution in [0.3, 0.4) is 0 Å². The fourth-order valence-corrected chi connectivity index (χ4v) is 4.30. The van der Waals surface area contributed by atoms with E-state index in [0.717, 1.165) is 7.11 Å². The molecule has 0 fully saturated rings. The number of aliphatic hydroxyl groups excluding tert-OH is 1. The summed E-state index contributed by atoms with van der Waals surface area (Å²) in [5, 5.41) is 12.1. The van der Waals surface area contributed by atoms with Gasteiger partial charge in [-0.1, -0.05) is 86.0 Å². The predicted octanol–water partition coefficient (Wildman–Crippen LogP) is 7.66. The number of aliphatic hydroxyl groups is 1. The number of para-hydroxylation sites is 4. The second-order valence-corrected chi connectivity index (χ2v) is 7.58. The number of hydrogen-bond acceptors (Lipinski definition) is 2. The van der Waals surface area contributed by atoms with E-state index in [0.29, 0.717) is 0 Å². The van der Waals surface area contributed by atoms with Crippen molar-refractivity contribution < 1.29 is 9.84 Å². The second kappa shape index (κ2) is 12.4. The molecule has 4 nitrogen and oxygen atoms in total. The molecule has 0 aliphatic rings. The minimum atomic E-state index is 1.00. The van der Waals surface area contributed by atoms with E-state index < -0.39 is 0 Å². The Hall–Kier alpha value is -4.12. The largest absolute Gasteiger partial charge is 0.400 e. The fraction of sp³-hybridized carbons (Fsp3) is 0.0968. The number of fused-ring (bicyclic) bond motifs is 6. The van der Waals surface area contributed by atoms with Crippen molar-refractivity contribution in [3.05, 3.63) is 110 Å². The number of aromatic nitrogens is 2. The Morgan fingerprint density at radius 3 is 0.914 bits per heavy atom. The lowest BCUT2D eigenvalue weighted by Crippen LogP contribution is -1.82. The standard InChI is InChI=1S/2C14H11N.C2H6O.CH4O/c2*1-2-15-13-9-5-3-7-11(13)12-8-4-6-10-14(12)15;1-3-2;1-2/h2*2-10H,1H2;1-2H3;2H,1H3. The third kappa shape index (κ3) is 5.04. The summed E-state index contributed by atoms with van der Waals surface area (Å²) in [6.07, 6.45) is 3.73. The summed E-state index contributed by atoms with van der Waals surface area (Å²) in [5.74, 6) is 0. The first-order chi connectivity index (χ1) is 17.2. The van der Waals surface area contributed by atoms with Crippen molar-refractivity contribution in [1.82, 2.24) is 9.13 Å². The Labute approximate surface area is 206 Å². The van der Waals surface area contributed by atoms with Crippen molar-refractivity contribution in [3.63, 3.8) is 0 Å². The molecule has 0 atom stereocenters. The van der Waals surface area contributed by atoms with Gasteiger partial charge in [0, 0.05) is 55.3 Å². The Morgan fingerprint density at radius 1 is 0.514 bits per heavy atom. The van der Waals surface area contributed by atoms with E-state index in [2.05, 4.69) is 124 Å². The van der Waals surface area contributed by atoms with Crippen molar-refractivity contribution in [2.24, 2.45) is 0 Å². The van der Waals surface area contributed by atoms with Gasteiger partial charge in [-0.25, -0.2) is 0 Å². The number of hydrogen-bond donors (Lipinski definition) is 1. The maximum Gasteiger partial charge on any atom is 0.0534 e. The summed E-state index contributed by atoms with van der Waals surface area (Å²) in [4.78, 5) is 0. The summed E-state index contributed by atoms with van der Waals surface area (Å²) in [6.45, 7) is 7.73. The van der Waals surface area contributed by atoms with Gasteiger partial charge in [-0.05, 0) is 24.3 Å². The highest BCUT2D eigenvalue weighted by molar-refractivity contribution is 6.10. The van der Waals surface area contributed by atoms with Crippen LogP contribution in [-0.2, 0) is 4.74 Å². The van der Waals surface area contributed by atoms with Gasteiger partial charge in [-0.3, -0.25) is 0 Å². The van der Waals surface area contributed by atoms with Crippen LogP contribution in [0.5, 0.6) is 0 Å². The number of nitrogens with zero attached hydrogens (tertiary/aromatic N) is 2. The first kappa shape index (κ1) is 25.5. The lowest BCUT2D eigenvalue weighted by molar-refractivity contribution is 0.277. The third-order valence-corrected chi connectivity index (χ3v) is 5.60. The molecule has 178 valence electrons. The molecule has 1 N–H and O–H groups in total. The second-order valence-electron chi connectivity index (χ2n) is 7.58. The van der Waals surface area contributed by atoms with Crippen LogP contribution in [0.15, 0.2) is 110 Å². The van der Waals surface area contributed by atoms with Gasteiger partial charge in [0.25, 0.3) is 0 Å². The van der Waals surface area contributed by atoms with Crippen LogP contribution < -0.4 is 0 Å². The van der Waals surface area contributed by atoms with E-state index in [4.69, 9.17) is 5.11 Å². The molecular weight excluding hydrogens is 432 g/mol. The summed E-state index contributed by atoms with van der Waals surface area (Å²) < 4.78 is 8.51. The van der Waals surface area contributed by atoms with E-state index in [1.807, 2.05) is 12.4 Å². The van der Waals surface area contributed by atoms with Crippen LogP contribution >= 0.6 is 0 Å². The van der Waals surface area contributed by atoms with Gasteiger partial charge in [-0.15, -0.1) is 0 Å². The summed E-state index contributed by atoms with van der Waals surface area (Å²) >= 11 is 0. The Kier molecular flexibility index (Phi) is 9.02. The highest BCUT2D eigenvalue weighted by Gasteiger charge is 2.07. The SMILES string of the molecule is C=Cn1c2ccccc2c2ccccc21.C=Cn1c2ccccc2c2ccccc21.CO.COC. The molecule has 0 amide bonds. The molecule has 2 heterocycles. The maximum absolute atomic E-state index is 7.00. The lowest BCUT2D eigenvalue weighted by atomic mass is 10.2. The molecule has 6 aromatic rings. The van der Waals surface area contributed by atoms with E-state index >= 15 is 0 Å². The van der Waals surface area contributed by atoms with Gasteiger partial charge in [0.05, 0.1) is 22.1 Å². The van der Waals surface area contributed by atoms with E-state index in [9.17, 15) is 0 Å². The number of methoxy groups -OCH3 is 1. The molecule has 0 aliphatic heterocycles. The minimum Gasteiger partial charge on any atom is -0.400 e. The van der Waals surface area contributed by atoms with Crippen LogP contribution in [0.25, 0.3) is 56.0 Å². The van der Waals surface area contributed by atoms with E-state index in [-0.39, 0.29) is 0 Å². The van der Waals surface area contributed by atoms with Gasteiger partial charge >= 0.3 is 0 Å². The Morgan fingerprint density at radius 2 is 0.714 bits per heavy atom. The van der Waals surface area contributed by atoms with Gasteiger partial charge in [0.2, 0.25) is 0 Å². The van der Waals surface area contributed by atoms with Crippen molar-refractivity contribution in [2.75, 3.05) is 21.3 Å². The topological polar surface area (TPSA) is 39.3 Å². The average Bonchev–Trinajstić information content (AvgIpc) is 3.43. The molecule has 0 spiro atoms. The third-order valence-electron chi connectivity index (χ3n) is 5.60. The molecule has 0 unspecified atom stereocenters. The Balaban J connectivity index is 0.000000166. The van der Waals surface area contributed by atoms with E-state index in [1.54, 1.807) is 14.2 Å². The highest BCUT2D eigenvalue weighted by atomic mass is 16.4.